The van der Waals surface area contributed by atoms with Gasteiger partial charge in [0.25, 0.3) is 0 Å². The third-order valence-corrected chi connectivity index (χ3v) is 4.76. The quantitative estimate of drug-likeness (QED) is 0.669. The Kier molecular flexibility index (Phi) is 5.69. The molecule has 4 nitrogen and oxygen atoms in total. The number of thiophene rings is 1. The molecule has 0 aliphatic carbocycles. The highest BCUT2D eigenvalue weighted by Gasteiger charge is 2.10. The second-order valence-corrected chi connectivity index (χ2v) is 6.65. The van der Waals surface area contributed by atoms with E-state index in [1.165, 1.54) is 0 Å². The maximum Gasteiger partial charge on any atom is 0.239 e. The van der Waals surface area contributed by atoms with Crippen molar-refractivity contribution < 1.29 is 4.79 Å². The molecule has 0 bridgehead atoms. The molecule has 128 valence electrons. The monoisotopic (exact) mass is 351 g/mol. The van der Waals surface area contributed by atoms with Gasteiger partial charge < -0.3 is 15.5 Å². The minimum Gasteiger partial charge on any atom is -0.374 e. The van der Waals surface area contributed by atoms with Gasteiger partial charge >= 0.3 is 0 Å². The molecule has 5 heteroatoms. The van der Waals surface area contributed by atoms with Gasteiger partial charge in [-0.3, -0.25) is 4.79 Å². The predicted octanol–water partition coefficient (Wildman–Crippen LogP) is 4.24. The van der Waals surface area contributed by atoms with Crippen LogP contribution in [-0.2, 0) is 11.3 Å². The summed E-state index contributed by atoms with van der Waals surface area (Å²) in [6.07, 6.45) is 0. The minimum atomic E-state index is -0.0226. The number of hydrogen-bond donors (Lipinski definition) is 2. The second-order valence-electron chi connectivity index (χ2n) is 5.62. The first-order valence-electron chi connectivity index (χ1n) is 8.15. The van der Waals surface area contributed by atoms with Gasteiger partial charge in [0.15, 0.2) is 0 Å². The van der Waals surface area contributed by atoms with Gasteiger partial charge in [0.1, 0.15) is 0 Å². The zero-order chi connectivity index (χ0) is 17.5. The Labute approximate surface area is 152 Å². The first-order chi connectivity index (χ1) is 12.2. The van der Waals surface area contributed by atoms with E-state index in [-0.39, 0.29) is 12.5 Å². The first kappa shape index (κ1) is 17.0. The van der Waals surface area contributed by atoms with Gasteiger partial charge in [-0.15, -0.1) is 11.3 Å². The van der Waals surface area contributed by atoms with Crippen LogP contribution in [0, 0.1) is 0 Å². The van der Waals surface area contributed by atoms with Crippen LogP contribution in [0.1, 0.15) is 4.88 Å². The molecule has 2 aromatic carbocycles. The number of amides is 1. The largest absolute Gasteiger partial charge is 0.374 e. The number of benzene rings is 2. The van der Waals surface area contributed by atoms with Crippen molar-refractivity contribution in [3.05, 3.63) is 77.0 Å². The van der Waals surface area contributed by atoms with Gasteiger partial charge in [-0.25, -0.2) is 0 Å². The smallest absolute Gasteiger partial charge is 0.239 e. The molecule has 0 saturated heterocycles. The number of nitrogens with one attached hydrogen (secondary N) is 2. The topological polar surface area (TPSA) is 44.4 Å². The van der Waals surface area contributed by atoms with E-state index in [1.54, 1.807) is 11.3 Å². The van der Waals surface area contributed by atoms with Crippen LogP contribution in [0.3, 0.4) is 0 Å². The molecule has 1 heterocycles. The summed E-state index contributed by atoms with van der Waals surface area (Å²) in [6.45, 7) is 0.814. The van der Waals surface area contributed by atoms with Crippen LogP contribution in [0.2, 0.25) is 0 Å². The maximum atomic E-state index is 12.1. The Hall–Kier alpha value is -2.79. The van der Waals surface area contributed by atoms with Crippen LogP contribution in [0.25, 0.3) is 0 Å². The van der Waals surface area contributed by atoms with Gasteiger partial charge in [-0.2, -0.15) is 0 Å². The number of carbonyl (C=O) groups excluding carboxylic acids is 1. The summed E-state index contributed by atoms with van der Waals surface area (Å²) in [4.78, 5) is 15.3. The zero-order valence-electron chi connectivity index (χ0n) is 14.1. The molecular formula is C20H21N3OS. The lowest BCUT2D eigenvalue weighted by Crippen LogP contribution is -2.29. The highest BCUT2D eigenvalue weighted by Crippen LogP contribution is 2.30. The molecule has 0 atom stereocenters. The summed E-state index contributed by atoms with van der Waals surface area (Å²) in [5.74, 6) is -0.0226. The third kappa shape index (κ3) is 4.61. The van der Waals surface area contributed by atoms with Crippen molar-refractivity contribution in [3.63, 3.8) is 0 Å². The van der Waals surface area contributed by atoms with Crippen LogP contribution in [0.4, 0.5) is 17.1 Å². The van der Waals surface area contributed by atoms with Gasteiger partial charge in [0.2, 0.25) is 5.91 Å². The van der Waals surface area contributed by atoms with Crippen molar-refractivity contribution in [1.82, 2.24) is 5.32 Å². The van der Waals surface area contributed by atoms with Crippen LogP contribution < -0.4 is 15.5 Å². The molecule has 1 amide bonds. The summed E-state index contributed by atoms with van der Waals surface area (Å²) < 4.78 is 0. The molecule has 0 radical (unpaired) electrons. The van der Waals surface area contributed by atoms with Crippen LogP contribution in [-0.4, -0.2) is 19.5 Å². The standard InChI is InChI=1S/C20H21N3OS/c1-23(16-8-3-2-4-9-16)19-12-6-5-11-18(19)21-15-20(24)22-14-17-10-7-13-25-17/h2-13,21H,14-15H2,1H3,(H,22,24). The van der Waals surface area contributed by atoms with Gasteiger partial charge in [0.05, 0.1) is 24.5 Å². The molecular weight excluding hydrogens is 330 g/mol. The number of carbonyl (C=O) groups is 1. The molecule has 0 aliphatic rings. The van der Waals surface area contributed by atoms with E-state index in [4.69, 9.17) is 0 Å². The van der Waals surface area contributed by atoms with E-state index in [0.717, 1.165) is 21.9 Å². The molecule has 2 N–H and O–H groups in total. The van der Waals surface area contributed by atoms with Crippen LogP contribution in [0.5, 0.6) is 0 Å². The van der Waals surface area contributed by atoms with E-state index in [9.17, 15) is 4.79 Å². The lowest BCUT2D eigenvalue weighted by atomic mass is 10.2. The number of anilines is 3. The van der Waals surface area contributed by atoms with Crippen molar-refractivity contribution in [2.24, 2.45) is 0 Å². The Morgan fingerprint density at radius 2 is 1.76 bits per heavy atom. The molecule has 0 spiro atoms. The molecule has 25 heavy (non-hydrogen) atoms. The summed E-state index contributed by atoms with van der Waals surface area (Å²) in [5, 5.41) is 8.18. The fourth-order valence-corrected chi connectivity index (χ4v) is 3.19. The summed E-state index contributed by atoms with van der Waals surface area (Å²) in [6, 6.07) is 22.1. The van der Waals surface area contributed by atoms with E-state index < -0.39 is 0 Å². The highest BCUT2D eigenvalue weighted by molar-refractivity contribution is 7.09. The van der Waals surface area contributed by atoms with Crippen molar-refractivity contribution in [2.45, 2.75) is 6.54 Å². The highest BCUT2D eigenvalue weighted by atomic mass is 32.1. The number of hydrogen-bond acceptors (Lipinski definition) is 4. The first-order valence-corrected chi connectivity index (χ1v) is 9.03. The number of para-hydroxylation sites is 3. The second kappa shape index (κ2) is 8.35. The molecule has 0 saturated carbocycles. The molecule has 1 aromatic heterocycles. The summed E-state index contributed by atoms with van der Waals surface area (Å²) >= 11 is 1.64. The van der Waals surface area contributed by atoms with Crippen molar-refractivity contribution in [3.8, 4) is 0 Å². The molecule has 3 rings (SSSR count). The van der Waals surface area contributed by atoms with Crippen molar-refractivity contribution >= 4 is 34.3 Å². The normalized spacial score (nSPS) is 10.3. The minimum absolute atomic E-state index is 0.0226. The lowest BCUT2D eigenvalue weighted by molar-refractivity contribution is -0.119. The van der Waals surface area contributed by atoms with Crippen molar-refractivity contribution in [2.75, 3.05) is 23.8 Å². The molecule has 0 aliphatic heterocycles. The molecule has 3 aromatic rings. The fourth-order valence-electron chi connectivity index (χ4n) is 2.54. The molecule has 0 unspecified atom stereocenters. The molecule has 0 fully saturated rings. The Balaban J connectivity index is 1.62. The predicted molar refractivity (Wildman–Crippen MR) is 106 cm³/mol. The van der Waals surface area contributed by atoms with Crippen LogP contribution >= 0.6 is 11.3 Å². The van der Waals surface area contributed by atoms with E-state index in [1.807, 2.05) is 67.0 Å². The summed E-state index contributed by atoms with van der Waals surface area (Å²) in [7, 11) is 2.02. The number of rotatable bonds is 7. The SMILES string of the molecule is CN(c1ccccc1)c1ccccc1NCC(=O)NCc1cccs1. The lowest BCUT2D eigenvalue weighted by Gasteiger charge is -2.23. The summed E-state index contributed by atoms with van der Waals surface area (Å²) in [5.41, 5.74) is 3.05. The van der Waals surface area contributed by atoms with E-state index in [0.29, 0.717) is 6.54 Å². The maximum absolute atomic E-state index is 12.1. The average Bonchev–Trinajstić information content (AvgIpc) is 3.19. The average molecular weight is 351 g/mol. The number of nitrogens with zero attached hydrogens (tertiary/aromatic N) is 1. The van der Waals surface area contributed by atoms with Gasteiger partial charge in [-0.05, 0) is 35.7 Å². The Bertz CT molecular complexity index is 803. The Morgan fingerprint density at radius 3 is 2.52 bits per heavy atom. The zero-order valence-corrected chi connectivity index (χ0v) is 14.9. The van der Waals surface area contributed by atoms with Crippen molar-refractivity contribution in [1.29, 1.82) is 0 Å². The van der Waals surface area contributed by atoms with Crippen LogP contribution in [0.15, 0.2) is 72.1 Å². The van der Waals surface area contributed by atoms with E-state index >= 15 is 0 Å². The van der Waals surface area contributed by atoms with Gasteiger partial charge in [-0.1, -0.05) is 36.4 Å². The third-order valence-electron chi connectivity index (χ3n) is 3.89. The van der Waals surface area contributed by atoms with E-state index in [2.05, 4.69) is 27.7 Å². The fraction of sp³-hybridized carbons (Fsp3) is 0.150. The van der Waals surface area contributed by atoms with Gasteiger partial charge in [0, 0.05) is 17.6 Å². The Morgan fingerprint density at radius 1 is 1.00 bits per heavy atom.